The van der Waals surface area contributed by atoms with Crippen molar-refractivity contribution >= 4 is 33.2 Å². The Kier molecular flexibility index (Phi) is 5.34. The number of nitrogens with one attached hydrogen (secondary N) is 1. The second-order valence-electron chi connectivity index (χ2n) is 7.74. The van der Waals surface area contributed by atoms with Gasteiger partial charge < -0.3 is 14.6 Å². The van der Waals surface area contributed by atoms with Crippen LogP contribution < -0.4 is 5.32 Å². The lowest BCUT2D eigenvalue weighted by atomic mass is 10.1. The molecule has 0 aliphatic heterocycles. The van der Waals surface area contributed by atoms with E-state index in [2.05, 4.69) is 32.1 Å². The van der Waals surface area contributed by atoms with Crippen LogP contribution in [0.3, 0.4) is 0 Å². The predicted octanol–water partition coefficient (Wildman–Crippen LogP) is 5.34. The summed E-state index contributed by atoms with van der Waals surface area (Å²) in [6, 6.07) is 8.19. The molecule has 0 unspecified atom stereocenters. The fourth-order valence-electron chi connectivity index (χ4n) is 3.42. The van der Waals surface area contributed by atoms with Crippen molar-refractivity contribution < 1.29 is 4.74 Å². The summed E-state index contributed by atoms with van der Waals surface area (Å²) >= 11 is 1.56. The number of anilines is 2. The second-order valence-corrected chi connectivity index (χ2v) is 8.59. The smallest absolute Gasteiger partial charge is 0.188 e. The number of hydrogen-bond donors (Lipinski definition) is 1. The van der Waals surface area contributed by atoms with Crippen molar-refractivity contribution in [1.29, 1.82) is 0 Å². The Balaban J connectivity index is 1.63. The third-order valence-electron chi connectivity index (χ3n) is 4.66. The maximum atomic E-state index is 6.02. The summed E-state index contributed by atoms with van der Waals surface area (Å²) in [5.74, 6) is 0.796. The van der Waals surface area contributed by atoms with Crippen LogP contribution >= 0.6 is 11.3 Å². The van der Waals surface area contributed by atoms with Crippen LogP contribution in [0.4, 0.5) is 10.9 Å². The van der Waals surface area contributed by atoms with Gasteiger partial charge in [0.1, 0.15) is 5.60 Å². The van der Waals surface area contributed by atoms with Gasteiger partial charge in [-0.2, -0.15) is 0 Å². The quantitative estimate of drug-likeness (QED) is 0.448. The molecule has 4 aromatic heterocycles. The van der Waals surface area contributed by atoms with Crippen LogP contribution in [0, 0.1) is 0 Å². The molecule has 0 spiro atoms. The van der Waals surface area contributed by atoms with Crippen molar-refractivity contribution in [2.75, 3.05) is 5.32 Å². The Hall–Kier alpha value is -2.77. The van der Waals surface area contributed by atoms with E-state index in [1.807, 2.05) is 69.9 Å². The zero-order chi connectivity index (χ0) is 20.4. The zero-order valence-electron chi connectivity index (χ0n) is 17.1. The molecule has 29 heavy (non-hydrogen) atoms. The molecular weight excluding hydrogens is 382 g/mol. The lowest BCUT2D eigenvalue weighted by molar-refractivity contribution is -0.0623. The number of fused-ring (bicyclic) bond motifs is 1. The third kappa shape index (κ3) is 4.31. The number of aromatic nitrogens is 4. The van der Waals surface area contributed by atoms with Gasteiger partial charge in [-0.3, -0.25) is 4.98 Å². The molecule has 4 heterocycles. The normalized spacial score (nSPS) is 12.0. The van der Waals surface area contributed by atoms with Crippen molar-refractivity contribution in [1.82, 2.24) is 19.5 Å². The second kappa shape index (κ2) is 7.93. The Bertz CT molecular complexity index is 1100. The molecular formula is C22H25N5OS. The van der Waals surface area contributed by atoms with Crippen LogP contribution in [-0.2, 0) is 16.9 Å². The van der Waals surface area contributed by atoms with E-state index in [1.165, 1.54) is 5.56 Å². The Labute approximate surface area is 174 Å². The van der Waals surface area contributed by atoms with Gasteiger partial charge in [-0.1, -0.05) is 0 Å². The van der Waals surface area contributed by atoms with Crippen LogP contribution in [0.5, 0.6) is 0 Å². The minimum Gasteiger partial charge on any atom is -0.367 e. The number of thiazole rings is 1. The molecule has 0 aromatic carbocycles. The molecule has 0 amide bonds. The van der Waals surface area contributed by atoms with E-state index in [1.54, 1.807) is 11.3 Å². The number of rotatable bonds is 7. The van der Waals surface area contributed by atoms with Gasteiger partial charge in [0.15, 0.2) is 10.9 Å². The van der Waals surface area contributed by atoms with Crippen LogP contribution in [-0.4, -0.2) is 25.6 Å². The Morgan fingerprint density at radius 2 is 1.93 bits per heavy atom. The van der Waals surface area contributed by atoms with Crippen molar-refractivity contribution in [2.24, 2.45) is 0 Å². The maximum absolute atomic E-state index is 6.02. The first-order valence-electron chi connectivity index (χ1n) is 9.66. The van der Waals surface area contributed by atoms with Crippen molar-refractivity contribution in [3.05, 3.63) is 65.7 Å². The van der Waals surface area contributed by atoms with E-state index in [9.17, 15) is 0 Å². The summed E-state index contributed by atoms with van der Waals surface area (Å²) in [4.78, 5) is 13.4. The molecule has 0 radical (unpaired) electrons. The van der Waals surface area contributed by atoms with Crippen LogP contribution in [0.25, 0.3) is 10.9 Å². The molecule has 0 aliphatic carbocycles. The molecule has 4 aromatic rings. The average Bonchev–Trinajstić information content (AvgIpc) is 3.30. The molecule has 1 N–H and O–H groups in total. The first-order valence-corrected chi connectivity index (χ1v) is 10.5. The summed E-state index contributed by atoms with van der Waals surface area (Å²) in [5, 5.41) is 7.39. The monoisotopic (exact) mass is 407 g/mol. The van der Waals surface area contributed by atoms with Crippen molar-refractivity contribution in [3.63, 3.8) is 0 Å². The number of nitrogens with zero attached hydrogens (tertiary/aromatic N) is 4. The standard InChI is InChI=1S/C22H25N5OS/c1-15(2)28-22(3,4)18-14-29-21(25-18)26-20-19-17(7-11-24-20)8-12-27(19)13-16-5-9-23-10-6-16/h5-12,14-15H,13H2,1-4H3,(H,24,25,26). The minimum atomic E-state index is -0.439. The fourth-order valence-corrected chi connectivity index (χ4v) is 4.28. The fraction of sp³-hybridized carbons (Fsp3) is 0.318. The first kappa shape index (κ1) is 19.5. The lowest BCUT2D eigenvalue weighted by Crippen LogP contribution is -2.25. The highest BCUT2D eigenvalue weighted by Crippen LogP contribution is 2.32. The van der Waals surface area contributed by atoms with E-state index in [0.29, 0.717) is 0 Å². The molecule has 0 aliphatic rings. The molecule has 4 rings (SSSR count). The molecule has 6 nitrogen and oxygen atoms in total. The predicted molar refractivity (Wildman–Crippen MR) is 118 cm³/mol. The largest absolute Gasteiger partial charge is 0.367 e. The van der Waals surface area contributed by atoms with Gasteiger partial charge in [0.25, 0.3) is 0 Å². The van der Waals surface area contributed by atoms with Gasteiger partial charge >= 0.3 is 0 Å². The van der Waals surface area contributed by atoms with Crippen LogP contribution in [0.2, 0.25) is 0 Å². The van der Waals surface area contributed by atoms with Gasteiger partial charge in [-0.25, -0.2) is 9.97 Å². The summed E-state index contributed by atoms with van der Waals surface area (Å²) in [7, 11) is 0. The van der Waals surface area contributed by atoms with Crippen LogP contribution in [0.15, 0.2) is 54.4 Å². The van der Waals surface area contributed by atoms with Crippen molar-refractivity contribution in [3.8, 4) is 0 Å². The highest BCUT2D eigenvalue weighted by Gasteiger charge is 2.26. The number of pyridine rings is 2. The first-order chi connectivity index (χ1) is 13.9. The SMILES string of the molecule is CC(C)OC(C)(C)c1csc(Nc2nccc3ccn(Cc4ccncc4)c23)n1. The molecule has 150 valence electrons. The topological polar surface area (TPSA) is 64.9 Å². The molecule has 0 bridgehead atoms. The summed E-state index contributed by atoms with van der Waals surface area (Å²) in [6.07, 6.45) is 7.68. The summed E-state index contributed by atoms with van der Waals surface area (Å²) in [5.41, 5.74) is 2.72. The molecule has 0 saturated heterocycles. The zero-order valence-corrected chi connectivity index (χ0v) is 17.9. The van der Waals surface area contributed by atoms with Gasteiger partial charge in [-0.15, -0.1) is 11.3 Å². The van der Waals surface area contributed by atoms with E-state index in [0.717, 1.165) is 34.1 Å². The van der Waals surface area contributed by atoms with E-state index < -0.39 is 5.60 Å². The Morgan fingerprint density at radius 1 is 1.14 bits per heavy atom. The maximum Gasteiger partial charge on any atom is 0.188 e. The molecule has 0 atom stereocenters. The van der Waals surface area contributed by atoms with Gasteiger partial charge in [-0.05, 0) is 57.5 Å². The lowest BCUT2D eigenvalue weighted by Gasteiger charge is -2.25. The number of ether oxygens (including phenoxy) is 1. The molecule has 0 fully saturated rings. The van der Waals surface area contributed by atoms with Gasteiger partial charge in [0.2, 0.25) is 0 Å². The van der Waals surface area contributed by atoms with Gasteiger partial charge in [0, 0.05) is 42.1 Å². The van der Waals surface area contributed by atoms with E-state index >= 15 is 0 Å². The van der Waals surface area contributed by atoms with E-state index in [-0.39, 0.29) is 6.10 Å². The molecule has 0 saturated carbocycles. The third-order valence-corrected chi connectivity index (χ3v) is 5.41. The van der Waals surface area contributed by atoms with Gasteiger partial charge in [0.05, 0.1) is 17.3 Å². The highest BCUT2D eigenvalue weighted by atomic mass is 32.1. The minimum absolute atomic E-state index is 0.134. The summed E-state index contributed by atoms with van der Waals surface area (Å²) < 4.78 is 8.22. The Morgan fingerprint density at radius 3 is 2.69 bits per heavy atom. The number of hydrogen-bond acceptors (Lipinski definition) is 6. The highest BCUT2D eigenvalue weighted by molar-refractivity contribution is 7.13. The summed E-state index contributed by atoms with van der Waals surface area (Å²) in [6.45, 7) is 8.92. The van der Waals surface area contributed by atoms with E-state index in [4.69, 9.17) is 9.72 Å². The van der Waals surface area contributed by atoms with Crippen molar-refractivity contribution in [2.45, 2.75) is 45.9 Å². The van der Waals surface area contributed by atoms with Crippen LogP contribution in [0.1, 0.15) is 39.0 Å². The molecule has 7 heteroatoms. The average molecular weight is 408 g/mol.